The van der Waals surface area contributed by atoms with E-state index in [0.717, 1.165) is 16.6 Å². The molecule has 0 aliphatic carbocycles. The molecule has 5 heteroatoms. The Kier molecular flexibility index (Phi) is 1.73. The second-order valence-corrected chi connectivity index (χ2v) is 3.67. The van der Waals surface area contributed by atoms with Crippen molar-refractivity contribution in [3.63, 3.8) is 0 Å². The third-order valence-corrected chi connectivity index (χ3v) is 2.54. The fraction of sp³-hybridized carbons (Fsp3) is 0.0909. The number of hydrogen-bond donors (Lipinski definition) is 1. The highest BCUT2D eigenvalue weighted by Crippen LogP contribution is 2.24. The molecule has 0 aliphatic heterocycles. The molecule has 80 valence electrons. The van der Waals surface area contributed by atoms with Crippen LogP contribution in [0.25, 0.3) is 22.4 Å². The van der Waals surface area contributed by atoms with Gasteiger partial charge < -0.3 is 14.8 Å². The number of fused-ring (bicyclic) bond motifs is 1. The van der Waals surface area contributed by atoms with Gasteiger partial charge in [-0.1, -0.05) is 5.16 Å². The van der Waals surface area contributed by atoms with Crippen LogP contribution in [0, 0.1) is 0 Å². The zero-order valence-corrected chi connectivity index (χ0v) is 8.71. The van der Waals surface area contributed by atoms with Gasteiger partial charge in [-0.15, -0.1) is 0 Å². The summed E-state index contributed by atoms with van der Waals surface area (Å²) in [7, 11) is 1.95. The molecule has 0 atom stereocenters. The fourth-order valence-corrected chi connectivity index (χ4v) is 1.70. The summed E-state index contributed by atoms with van der Waals surface area (Å²) >= 11 is 0. The van der Waals surface area contributed by atoms with Crippen LogP contribution in [0.1, 0.15) is 0 Å². The Labute approximate surface area is 91.5 Å². The van der Waals surface area contributed by atoms with Gasteiger partial charge in [-0.05, 0) is 18.2 Å². The third-order valence-electron chi connectivity index (χ3n) is 2.54. The van der Waals surface area contributed by atoms with Gasteiger partial charge in [0.05, 0.1) is 17.4 Å². The molecule has 0 saturated heterocycles. The summed E-state index contributed by atoms with van der Waals surface area (Å²) in [5.74, 6) is 1.06. The van der Waals surface area contributed by atoms with Gasteiger partial charge in [0, 0.05) is 18.7 Å². The second kappa shape index (κ2) is 3.10. The molecule has 0 spiro atoms. The first-order valence-electron chi connectivity index (χ1n) is 4.88. The summed E-state index contributed by atoms with van der Waals surface area (Å²) in [6.07, 6.45) is 1.78. The highest BCUT2D eigenvalue weighted by atomic mass is 16.5. The first-order valence-corrected chi connectivity index (χ1v) is 4.88. The zero-order chi connectivity index (χ0) is 11.1. The molecule has 3 aromatic rings. The number of rotatable bonds is 1. The number of benzene rings is 1. The van der Waals surface area contributed by atoms with E-state index in [9.17, 15) is 0 Å². The maximum Gasteiger partial charge on any atom is 0.169 e. The van der Waals surface area contributed by atoms with Gasteiger partial charge in [-0.25, -0.2) is 4.98 Å². The number of hydrogen-bond acceptors (Lipinski definition) is 4. The molecule has 0 amide bonds. The quantitative estimate of drug-likeness (QED) is 0.670. The lowest BCUT2D eigenvalue weighted by molar-refractivity contribution is 0.436. The lowest BCUT2D eigenvalue weighted by Gasteiger charge is -1.97. The Morgan fingerprint density at radius 2 is 2.19 bits per heavy atom. The first-order chi connectivity index (χ1) is 7.74. The highest BCUT2D eigenvalue weighted by molar-refractivity contribution is 5.81. The van der Waals surface area contributed by atoms with Crippen LogP contribution in [-0.4, -0.2) is 14.7 Å². The van der Waals surface area contributed by atoms with E-state index >= 15 is 0 Å². The molecule has 3 rings (SSSR count). The summed E-state index contributed by atoms with van der Waals surface area (Å²) < 4.78 is 7.07. The van der Waals surface area contributed by atoms with E-state index in [2.05, 4.69) is 10.1 Å². The van der Waals surface area contributed by atoms with E-state index in [1.165, 1.54) is 0 Å². The van der Waals surface area contributed by atoms with Crippen molar-refractivity contribution in [3.8, 4) is 11.3 Å². The van der Waals surface area contributed by atoms with Crippen LogP contribution in [0.3, 0.4) is 0 Å². The van der Waals surface area contributed by atoms with Crippen LogP contribution in [0.2, 0.25) is 0 Å². The van der Waals surface area contributed by atoms with E-state index in [0.29, 0.717) is 11.6 Å². The minimum absolute atomic E-state index is 0.389. The van der Waals surface area contributed by atoms with Gasteiger partial charge in [0.25, 0.3) is 0 Å². The number of nitrogens with zero attached hydrogens (tertiary/aromatic N) is 3. The van der Waals surface area contributed by atoms with Gasteiger partial charge >= 0.3 is 0 Å². The van der Waals surface area contributed by atoms with Crippen molar-refractivity contribution >= 4 is 16.9 Å². The Bertz CT molecular complexity index is 653. The highest BCUT2D eigenvalue weighted by Gasteiger charge is 2.07. The van der Waals surface area contributed by atoms with Crippen molar-refractivity contribution in [2.24, 2.45) is 7.05 Å². The normalized spacial score (nSPS) is 11.1. The predicted octanol–water partition coefficient (Wildman–Crippen LogP) is 1.81. The predicted molar refractivity (Wildman–Crippen MR) is 60.6 cm³/mol. The molecule has 16 heavy (non-hydrogen) atoms. The van der Waals surface area contributed by atoms with Gasteiger partial charge in [0.15, 0.2) is 11.6 Å². The lowest BCUT2D eigenvalue weighted by Crippen LogP contribution is -1.84. The standard InChI is InChI=1S/C11H10N4O/c1-15-6-13-8-3-2-7(4-9(8)15)10-5-11(12)14-16-10/h2-6H,1H3,(H2,12,14). The number of aryl methyl sites for hydroxylation is 1. The maximum atomic E-state index is 5.52. The minimum atomic E-state index is 0.389. The zero-order valence-electron chi connectivity index (χ0n) is 8.71. The molecule has 2 N–H and O–H groups in total. The molecule has 0 saturated carbocycles. The van der Waals surface area contributed by atoms with Crippen LogP contribution in [0.4, 0.5) is 5.82 Å². The SMILES string of the molecule is Cn1cnc2ccc(-c3cc(N)no3)cc21. The van der Waals surface area contributed by atoms with Crippen LogP contribution in [-0.2, 0) is 7.05 Å². The van der Waals surface area contributed by atoms with Crippen LogP contribution in [0.15, 0.2) is 35.1 Å². The molecule has 0 aliphatic rings. The smallest absolute Gasteiger partial charge is 0.169 e. The van der Waals surface area contributed by atoms with Crippen LogP contribution < -0.4 is 5.73 Å². The molecule has 0 bridgehead atoms. The number of nitrogens with two attached hydrogens (primary N) is 1. The Hall–Kier alpha value is -2.30. The minimum Gasteiger partial charge on any atom is -0.381 e. The molecule has 5 nitrogen and oxygen atoms in total. The van der Waals surface area contributed by atoms with Crippen LogP contribution >= 0.6 is 0 Å². The summed E-state index contributed by atoms with van der Waals surface area (Å²) in [6.45, 7) is 0. The van der Waals surface area contributed by atoms with Crippen molar-refractivity contribution in [2.75, 3.05) is 5.73 Å². The van der Waals surface area contributed by atoms with Crippen LogP contribution in [0.5, 0.6) is 0 Å². The summed E-state index contributed by atoms with van der Waals surface area (Å²) in [5.41, 5.74) is 8.47. The Balaban J connectivity index is 2.21. The van der Waals surface area contributed by atoms with Crippen molar-refractivity contribution in [1.82, 2.24) is 14.7 Å². The van der Waals surface area contributed by atoms with Gasteiger partial charge in [0.2, 0.25) is 0 Å². The molecular weight excluding hydrogens is 204 g/mol. The summed E-state index contributed by atoms with van der Waals surface area (Å²) in [6, 6.07) is 7.60. The maximum absolute atomic E-state index is 5.52. The summed E-state index contributed by atoms with van der Waals surface area (Å²) in [5, 5.41) is 3.66. The number of imidazole rings is 1. The van der Waals surface area contributed by atoms with E-state index in [4.69, 9.17) is 10.3 Å². The average molecular weight is 214 g/mol. The molecule has 0 radical (unpaired) electrons. The second-order valence-electron chi connectivity index (χ2n) is 3.67. The van der Waals surface area contributed by atoms with Gasteiger partial charge in [0.1, 0.15) is 0 Å². The van der Waals surface area contributed by atoms with Crippen molar-refractivity contribution in [3.05, 3.63) is 30.6 Å². The number of nitrogen functional groups attached to an aromatic ring is 1. The van der Waals surface area contributed by atoms with Crippen molar-refractivity contribution < 1.29 is 4.52 Å². The Morgan fingerprint density at radius 1 is 1.31 bits per heavy atom. The number of aromatic nitrogens is 3. The molecule has 0 fully saturated rings. The first kappa shape index (κ1) is 8.96. The van der Waals surface area contributed by atoms with Crippen molar-refractivity contribution in [1.29, 1.82) is 0 Å². The van der Waals surface area contributed by atoms with E-state index in [1.54, 1.807) is 12.4 Å². The van der Waals surface area contributed by atoms with Gasteiger partial charge in [-0.2, -0.15) is 0 Å². The van der Waals surface area contributed by atoms with Crippen molar-refractivity contribution in [2.45, 2.75) is 0 Å². The molecular formula is C11H10N4O. The van der Waals surface area contributed by atoms with E-state index in [-0.39, 0.29) is 0 Å². The summed E-state index contributed by atoms with van der Waals surface area (Å²) in [4.78, 5) is 4.25. The fourth-order valence-electron chi connectivity index (χ4n) is 1.70. The number of anilines is 1. The molecule has 1 aromatic carbocycles. The van der Waals surface area contributed by atoms with Gasteiger partial charge in [-0.3, -0.25) is 0 Å². The lowest BCUT2D eigenvalue weighted by atomic mass is 10.1. The topological polar surface area (TPSA) is 69.9 Å². The average Bonchev–Trinajstić information content (AvgIpc) is 2.86. The third kappa shape index (κ3) is 1.25. The Morgan fingerprint density at radius 3 is 2.94 bits per heavy atom. The molecule has 0 unspecified atom stereocenters. The largest absolute Gasteiger partial charge is 0.381 e. The monoisotopic (exact) mass is 214 g/mol. The molecule has 2 heterocycles. The molecule has 2 aromatic heterocycles. The van der Waals surface area contributed by atoms with E-state index < -0.39 is 0 Å². The van der Waals surface area contributed by atoms with E-state index in [1.807, 2.05) is 29.8 Å².